The summed E-state index contributed by atoms with van der Waals surface area (Å²) in [6.07, 6.45) is 0. The van der Waals surface area contributed by atoms with Gasteiger partial charge in [-0.1, -0.05) is 0 Å². The van der Waals surface area contributed by atoms with Crippen molar-refractivity contribution in [1.82, 2.24) is 0 Å². The molecule has 0 unspecified atom stereocenters. The zero-order valence-electron chi connectivity index (χ0n) is 13.0. The molecule has 1 amide bonds. The van der Waals surface area contributed by atoms with E-state index in [2.05, 4.69) is 5.32 Å². The summed E-state index contributed by atoms with van der Waals surface area (Å²) in [4.78, 5) is 23.5. The van der Waals surface area contributed by atoms with Gasteiger partial charge >= 0.3 is 5.97 Å². The third kappa shape index (κ3) is 4.26. The van der Waals surface area contributed by atoms with Crippen LogP contribution < -0.4 is 14.8 Å². The van der Waals surface area contributed by atoms with E-state index in [4.69, 9.17) is 18.6 Å². The zero-order chi connectivity index (χ0) is 16.8. The molecule has 1 aromatic heterocycles. The summed E-state index contributed by atoms with van der Waals surface area (Å²) < 4.78 is 20.2. The third-order valence-corrected chi connectivity index (χ3v) is 2.94. The summed E-state index contributed by atoms with van der Waals surface area (Å²) in [5, 5.41) is 2.60. The lowest BCUT2D eigenvalue weighted by molar-refractivity contribution is -0.119. The smallest absolute Gasteiger partial charge is 0.374 e. The molecule has 0 fully saturated rings. The second kappa shape index (κ2) is 7.35. The number of ether oxygens (including phenoxy) is 3. The number of furan rings is 1. The minimum atomic E-state index is -0.694. The molecule has 23 heavy (non-hydrogen) atoms. The summed E-state index contributed by atoms with van der Waals surface area (Å²) in [5.41, 5.74) is 0.498. The van der Waals surface area contributed by atoms with Crippen molar-refractivity contribution in [3.63, 3.8) is 0 Å². The quantitative estimate of drug-likeness (QED) is 0.823. The number of carbonyl (C=O) groups excluding carboxylic acids is 2. The maximum absolute atomic E-state index is 11.8. The van der Waals surface area contributed by atoms with Crippen LogP contribution in [-0.2, 0) is 9.53 Å². The fourth-order valence-electron chi connectivity index (χ4n) is 1.86. The number of benzene rings is 1. The number of hydrogen-bond acceptors (Lipinski definition) is 6. The summed E-state index contributed by atoms with van der Waals surface area (Å²) in [5.74, 6) is 0.501. The van der Waals surface area contributed by atoms with Gasteiger partial charge in [0.2, 0.25) is 5.76 Å². The van der Waals surface area contributed by atoms with Crippen molar-refractivity contribution in [2.75, 3.05) is 26.1 Å². The van der Waals surface area contributed by atoms with E-state index >= 15 is 0 Å². The standard InChI is InChI=1S/C16H17NO6/c1-10-4-6-13(23-10)16(19)22-9-15(18)17-11-5-7-12(20-2)14(8-11)21-3/h4-8H,9H2,1-3H3,(H,17,18). The van der Waals surface area contributed by atoms with Gasteiger partial charge in [-0.3, -0.25) is 4.79 Å². The number of methoxy groups -OCH3 is 2. The highest BCUT2D eigenvalue weighted by atomic mass is 16.5. The van der Waals surface area contributed by atoms with Crippen LogP contribution in [-0.4, -0.2) is 32.7 Å². The van der Waals surface area contributed by atoms with E-state index in [1.165, 1.54) is 20.3 Å². The van der Waals surface area contributed by atoms with Gasteiger partial charge in [-0.15, -0.1) is 0 Å². The van der Waals surface area contributed by atoms with Crippen molar-refractivity contribution in [2.45, 2.75) is 6.92 Å². The van der Waals surface area contributed by atoms with E-state index in [0.29, 0.717) is 22.9 Å². The van der Waals surface area contributed by atoms with Crippen LogP contribution in [0.3, 0.4) is 0 Å². The summed E-state index contributed by atoms with van der Waals surface area (Å²) in [6.45, 7) is 1.29. The van der Waals surface area contributed by atoms with Gasteiger partial charge in [0.1, 0.15) is 5.76 Å². The zero-order valence-corrected chi connectivity index (χ0v) is 13.0. The Morgan fingerprint density at radius 1 is 1.09 bits per heavy atom. The van der Waals surface area contributed by atoms with E-state index in [1.54, 1.807) is 31.2 Å². The summed E-state index contributed by atoms with van der Waals surface area (Å²) >= 11 is 0. The van der Waals surface area contributed by atoms with E-state index in [-0.39, 0.29) is 5.76 Å². The van der Waals surface area contributed by atoms with E-state index in [9.17, 15) is 9.59 Å². The molecule has 1 heterocycles. The van der Waals surface area contributed by atoms with Crippen LogP contribution in [0.5, 0.6) is 11.5 Å². The van der Waals surface area contributed by atoms with Crippen molar-refractivity contribution < 1.29 is 28.2 Å². The molecule has 122 valence electrons. The third-order valence-electron chi connectivity index (χ3n) is 2.94. The molecule has 0 aliphatic heterocycles. The average Bonchev–Trinajstić information content (AvgIpc) is 2.99. The predicted octanol–water partition coefficient (Wildman–Crippen LogP) is 2.40. The number of nitrogens with one attached hydrogen (secondary N) is 1. The molecule has 0 spiro atoms. The molecule has 2 aromatic rings. The lowest BCUT2D eigenvalue weighted by atomic mass is 10.2. The van der Waals surface area contributed by atoms with Gasteiger partial charge in [-0.05, 0) is 31.2 Å². The van der Waals surface area contributed by atoms with Crippen molar-refractivity contribution >= 4 is 17.6 Å². The first-order chi connectivity index (χ1) is 11.0. The minimum Gasteiger partial charge on any atom is -0.493 e. The molecule has 2 rings (SSSR count). The molecule has 0 saturated heterocycles. The molecule has 7 heteroatoms. The highest BCUT2D eigenvalue weighted by Crippen LogP contribution is 2.29. The Balaban J connectivity index is 1.91. The molecule has 0 atom stereocenters. The van der Waals surface area contributed by atoms with Crippen molar-refractivity contribution in [3.05, 3.63) is 41.9 Å². The normalized spacial score (nSPS) is 10.0. The number of esters is 1. The molecular weight excluding hydrogens is 302 g/mol. The fraction of sp³-hybridized carbons (Fsp3) is 0.250. The number of carbonyl (C=O) groups is 2. The van der Waals surface area contributed by atoms with Crippen LogP contribution in [0.4, 0.5) is 5.69 Å². The van der Waals surface area contributed by atoms with Gasteiger partial charge in [0.05, 0.1) is 14.2 Å². The van der Waals surface area contributed by atoms with Crippen LogP contribution >= 0.6 is 0 Å². The Morgan fingerprint density at radius 2 is 1.83 bits per heavy atom. The molecule has 1 N–H and O–H groups in total. The van der Waals surface area contributed by atoms with Crippen LogP contribution in [0.2, 0.25) is 0 Å². The second-order valence-corrected chi connectivity index (χ2v) is 4.60. The van der Waals surface area contributed by atoms with Gasteiger partial charge in [-0.2, -0.15) is 0 Å². The van der Waals surface area contributed by atoms with Crippen molar-refractivity contribution in [1.29, 1.82) is 0 Å². The van der Waals surface area contributed by atoms with Crippen LogP contribution in [0.25, 0.3) is 0 Å². The lowest BCUT2D eigenvalue weighted by Crippen LogP contribution is -2.20. The van der Waals surface area contributed by atoms with Gasteiger partial charge in [-0.25, -0.2) is 4.79 Å². The number of rotatable bonds is 6. The molecular formula is C16H17NO6. The van der Waals surface area contributed by atoms with Crippen molar-refractivity contribution in [2.24, 2.45) is 0 Å². The Morgan fingerprint density at radius 3 is 2.43 bits per heavy atom. The molecule has 0 radical (unpaired) electrons. The Hall–Kier alpha value is -2.96. The van der Waals surface area contributed by atoms with Crippen LogP contribution in [0.1, 0.15) is 16.3 Å². The molecule has 1 aromatic carbocycles. The topological polar surface area (TPSA) is 87.0 Å². The fourth-order valence-corrected chi connectivity index (χ4v) is 1.86. The van der Waals surface area contributed by atoms with E-state index in [1.807, 2.05) is 0 Å². The lowest BCUT2D eigenvalue weighted by Gasteiger charge is -2.10. The SMILES string of the molecule is COc1ccc(NC(=O)COC(=O)c2ccc(C)o2)cc1OC. The van der Waals surface area contributed by atoms with Crippen LogP contribution in [0.15, 0.2) is 34.7 Å². The second-order valence-electron chi connectivity index (χ2n) is 4.60. The molecule has 0 aliphatic rings. The molecule has 0 saturated carbocycles. The van der Waals surface area contributed by atoms with Gasteiger partial charge in [0.25, 0.3) is 5.91 Å². The number of hydrogen-bond donors (Lipinski definition) is 1. The van der Waals surface area contributed by atoms with Gasteiger partial charge < -0.3 is 23.9 Å². The van der Waals surface area contributed by atoms with Gasteiger partial charge in [0, 0.05) is 11.8 Å². The summed E-state index contributed by atoms with van der Waals surface area (Å²) in [6, 6.07) is 8.04. The first-order valence-electron chi connectivity index (χ1n) is 6.79. The maximum atomic E-state index is 11.8. The molecule has 0 bridgehead atoms. The first-order valence-corrected chi connectivity index (χ1v) is 6.79. The summed E-state index contributed by atoms with van der Waals surface area (Å²) in [7, 11) is 3.02. The highest BCUT2D eigenvalue weighted by Gasteiger charge is 2.14. The number of amides is 1. The number of aryl methyl sites for hydroxylation is 1. The minimum absolute atomic E-state index is 0.0569. The number of anilines is 1. The largest absolute Gasteiger partial charge is 0.493 e. The van der Waals surface area contributed by atoms with Crippen molar-refractivity contribution in [3.8, 4) is 11.5 Å². The molecule has 0 aliphatic carbocycles. The van der Waals surface area contributed by atoms with Crippen LogP contribution in [0, 0.1) is 6.92 Å². The highest BCUT2D eigenvalue weighted by molar-refractivity contribution is 5.94. The Bertz CT molecular complexity index is 706. The van der Waals surface area contributed by atoms with E-state index < -0.39 is 18.5 Å². The Kier molecular flexibility index (Phi) is 5.24. The van der Waals surface area contributed by atoms with Gasteiger partial charge in [0.15, 0.2) is 18.1 Å². The maximum Gasteiger partial charge on any atom is 0.374 e. The Labute approximate surface area is 133 Å². The monoisotopic (exact) mass is 319 g/mol. The van der Waals surface area contributed by atoms with E-state index in [0.717, 1.165) is 0 Å². The molecule has 7 nitrogen and oxygen atoms in total. The predicted molar refractivity (Wildman–Crippen MR) is 81.9 cm³/mol. The average molecular weight is 319 g/mol. The first kappa shape index (κ1) is 16.4.